The average molecular weight is 258 g/mol. The van der Waals surface area contributed by atoms with Gasteiger partial charge in [0.1, 0.15) is 17.2 Å². The minimum atomic E-state index is -1.08. The van der Waals surface area contributed by atoms with Crippen molar-refractivity contribution in [3.63, 3.8) is 0 Å². The topological polar surface area (TPSA) is 79.7 Å². The Hall–Kier alpha value is -1.47. The minimum absolute atomic E-state index is 0.0665. The minimum Gasteiger partial charge on any atom is -0.478 e. The first kappa shape index (κ1) is 13.6. The normalized spacial score (nSPS) is 10.3. The molecule has 0 bridgehead atoms. The summed E-state index contributed by atoms with van der Waals surface area (Å²) < 4.78 is 8.94. The fourth-order valence-corrected chi connectivity index (χ4v) is 2.10. The molecule has 0 aliphatic heterocycles. The zero-order valence-corrected chi connectivity index (χ0v) is 10.7. The maximum atomic E-state index is 11.7. The van der Waals surface area contributed by atoms with E-state index in [0.717, 1.165) is 11.5 Å². The number of hydrogen-bond acceptors (Lipinski definition) is 5. The van der Waals surface area contributed by atoms with Crippen molar-refractivity contribution in [2.24, 2.45) is 0 Å². The van der Waals surface area contributed by atoms with E-state index in [0.29, 0.717) is 17.3 Å². The molecule has 0 spiro atoms. The van der Waals surface area contributed by atoms with Crippen LogP contribution in [0.15, 0.2) is 0 Å². The number of likely N-dealkylation sites (N-methyl/N-ethyl adjacent to an activating group) is 1. The van der Waals surface area contributed by atoms with Crippen molar-refractivity contribution in [1.82, 2.24) is 4.37 Å². The van der Waals surface area contributed by atoms with Gasteiger partial charge in [-0.15, -0.1) is 0 Å². The van der Waals surface area contributed by atoms with Gasteiger partial charge in [-0.05, 0) is 25.4 Å². The van der Waals surface area contributed by atoms with Gasteiger partial charge < -0.3 is 14.7 Å². The zero-order valence-electron chi connectivity index (χ0n) is 9.89. The zero-order chi connectivity index (χ0) is 13.0. The van der Waals surface area contributed by atoms with Gasteiger partial charge in [-0.1, -0.05) is 0 Å². The molecule has 0 atom stereocenters. The Morgan fingerprint density at radius 1 is 1.53 bits per heavy atom. The molecule has 1 aromatic heterocycles. The SMILES string of the molecule is CCOCC(=O)N(C)c1snc(C)c1C(=O)O. The number of carboxylic acids is 1. The summed E-state index contributed by atoms with van der Waals surface area (Å²) in [5.41, 5.74) is 0.482. The van der Waals surface area contributed by atoms with Crippen LogP contribution in [0.2, 0.25) is 0 Å². The molecule has 0 fully saturated rings. The number of aryl methyl sites for hydroxylation is 1. The van der Waals surface area contributed by atoms with E-state index in [1.54, 1.807) is 13.8 Å². The summed E-state index contributed by atoms with van der Waals surface area (Å²) in [6, 6.07) is 0. The van der Waals surface area contributed by atoms with E-state index < -0.39 is 5.97 Å². The Bertz CT molecular complexity index is 430. The second-order valence-corrected chi connectivity index (χ2v) is 4.10. The highest BCUT2D eigenvalue weighted by atomic mass is 32.1. The molecule has 1 heterocycles. The van der Waals surface area contributed by atoms with Gasteiger partial charge in [0.2, 0.25) is 0 Å². The Morgan fingerprint density at radius 3 is 2.71 bits per heavy atom. The van der Waals surface area contributed by atoms with Gasteiger partial charge in [0, 0.05) is 13.7 Å². The first-order valence-corrected chi connectivity index (χ1v) is 5.80. The van der Waals surface area contributed by atoms with E-state index in [4.69, 9.17) is 9.84 Å². The quantitative estimate of drug-likeness (QED) is 0.857. The summed E-state index contributed by atoms with van der Waals surface area (Å²) >= 11 is 0.993. The van der Waals surface area contributed by atoms with Gasteiger partial charge in [0.25, 0.3) is 5.91 Å². The molecule has 1 aromatic rings. The highest BCUT2D eigenvalue weighted by Crippen LogP contribution is 2.27. The maximum Gasteiger partial charge on any atom is 0.340 e. The lowest BCUT2D eigenvalue weighted by Crippen LogP contribution is -2.30. The Kier molecular flexibility index (Phi) is 4.59. The van der Waals surface area contributed by atoms with Crippen LogP contribution in [-0.4, -0.2) is 41.6 Å². The Labute approximate surface area is 103 Å². The first-order chi connectivity index (χ1) is 7.99. The van der Waals surface area contributed by atoms with E-state index >= 15 is 0 Å². The van der Waals surface area contributed by atoms with Crippen molar-refractivity contribution in [3.05, 3.63) is 11.3 Å². The average Bonchev–Trinajstić information content (AvgIpc) is 2.66. The van der Waals surface area contributed by atoms with Crippen molar-refractivity contribution < 1.29 is 19.4 Å². The lowest BCUT2D eigenvalue weighted by atomic mass is 10.2. The molecule has 0 radical (unpaired) electrons. The van der Waals surface area contributed by atoms with Crippen LogP contribution in [0.3, 0.4) is 0 Å². The number of hydrogen-bond donors (Lipinski definition) is 1. The number of carbonyl (C=O) groups excluding carboxylic acids is 1. The molecule has 6 nitrogen and oxygen atoms in total. The van der Waals surface area contributed by atoms with Gasteiger partial charge in [0.15, 0.2) is 0 Å². The second-order valence-electron chi connectivity index (χ2n) is 3.34. The Balaban J connectivity index is 2.92. The van der Waals surface area contributed by atoms with E-state index in [-0.39, 0.29) is 18.1 Å². The van der Waals surface area contributed by atoms with E-state index in [2.05, 4.69) is 4.37 Å². The summed E-state index contributed by atoms with van der Waals surface area (Å²) in [5.74, 6) is -1.37. The number of amides is 1. The van der Waals surface area contributed by atoms with Crippen molar-refractivity contribution in [1.29, 1.82) is 0 Å². The van der Waals surface area contributed by atoms with Gasteiger partial charge in [-0.3, -0.25) is 4.79 Å². The summed E-state index contributed by atoms with van der Waals surface area (Å²) in [6.07, 6.45) is 0. The third kappa shape index (κ3) is 3.01. The third-order valence-corrected chi connectivity index (χ3v) is 3.18. The van der Waals surface area contributed by atoms with Gasteiger partial charge >= 0.3 is 5.97 Å². The van der Waals surface area contributed by atoms with Gasteiger partial charge in [-0.2, -0.15) is 4.37 Å². The predicted octanol–water partition coefficient (Wildman–Crippen LogP) is 1.15. The molecule has 0 unspecified atom stereocenters. The van der Waals surface area contributed by atoms with Crippen molar-refractivity contribution in [2.75, 3.05) is 25.2 Å². The van der Waals surface area contributed by atoms with E-state index in [1.807, 2.05) is 0 Å². The monoisotopic (exact) mass is 258 g/mol. The molecule has 0 aliphatic rings. The van der Waals surface area contributed by atoms with Crippen LogP contribution in [0.4, 0.5) is 5.00 Å². The molecule has 7 heteroatoms. The standard InChI is InChI=1S/C10H14N2O4S/c1-4-16-5-7(13)12(3)9-8(10(14)15)6(2)11-17-9/h4-5H2,1-3H3,(H,14,15). The Morgan fingerprint density at radius 2 is 2.18 bits per heavy atom. The molecule has 1 rings (SSSR count). The van der Waals surface area contributed by atoms with E-state index in [9.17, 15) is 9.59 Å². The number of nitrogens with zero attached hydrogens (tertiary/aromatic N) is 2. The first-order valence-electron chi connectivity index (χ1n) is 5.02. The largest absolute Gasteiger partial charge is 0.478 e. The molecule has 94 valence electrons. The summed E-state index contributed by atoms with van der Waals surface area (Å²) in [6.45, 7) is 3.76. The number of aromatic carboxylic acids is 1. The number of carboxylic acid groups (broad SMARTS) is 1. The maximum absolute atomic E-state index is 11.7. The van der Waals surface area contributed by atoms with Crippen LogP contribution < -0.4 is 4.90 Å². The number of rotatable bonds is 5. The molecule has 1 N–H and O–H groups in total. The van der Waals surface area contributed by atoms with Crippen LogP contribution in [-0.2, 0) is 9.53 Å². The molecular weight excluding hydrogens is 244 g/mol. The molecule has 0 saturated heterocycles. The summed E-state index contributed by atoms with van der Waals surface area (Å²) in [5, 5.41) is 9.37. The van der Waals surface area contributed by atoms with E-state index in [1.165, 1.54) is 11.9 Å². The highest BCUT2D eigenvalue weighted by molar-refractivity contribution is 7.11. The van der Waals surface area contributed by atoms with Crippen LogP contribution in [0.25, 0.3) is 0 Å². The molecular formula is C10H14N2O4S. The number of anilines is 1. The van der Waals surface area contributed by atoms with Crippen molar-refractivity contribution in [3.8, 4) is 0 Å². The fourth-order valence-electron chi connectivity index (χ4n) is 1.23. The molecule has 1 amide bonds. The van der Waals surface area contributed by atoms with Gasteiger partial charge in [-0.25, -0.2) is 4.79 Å². The molecule has 0 aromatic carbocycles. The fraction of sp³-hybridized carbons (Fsp3) is 0.500. The van der Waals surface area contributed by atoms with Crippen LogP contribution in [0, 0.1) is 6.92 Å². The van der Waals surface area contributed by atoms with Crippen LogP contribution in [0.5, 0.6) is 0 Å². The third-order valence-electron chi connectivity index (χ3n) is 2.17. The summed E-state index contributed by atoms with van der Waals surface area (Å²) in [7, 11) is 1.51. The lowest BCUT2D eigenvalue weighted by Gasteiger charge is -2.15. The number of ether oxygens (including phenoxy) is 1. The van der Waals surface area contributed by atoms with Crippen molar-refractivity contribution >= 4 is 28.4 Å². The lowest BCUT2D eigenvalue weighted by molar-refractivity contribution is -0.122. The van der Waals surface area contributed by atoms with Crippen LogP contribution in [0.1, 0.15) is 23.0 Å². The number of aromatic nitrogens is 1. The van der Waals surface area contributed by atoms with Crippen LogP contribution >= 0.6 is 11.5 Å². The van der Waals surface area contributed by atoms with Crippen molar-refractivity contribution in [2.45, 2.75) is 13.8 Å². The molecule has 0 aliphatic carbocycles. The predicted molar refractivity (Wildman–Crippen MR) is 63.7 cm³/mol. The molecule has 17 heavy (non-hydrogen) atoms. The smallest absolute Gasteiger partial charge is 0.340 e. The number of carbonyl (C=O) groups is 2. The second kappa shape index (κ2) is 5.74. The summed E-state index contributed by atoms with van der Waals surface area (Å²) in [4.78, 5) is 24.0. The van der Waals surface area contributed by atoms with Gasteiger partial charge in [0.05, 0.1) is 5.69 Å². The highest BCUT2D eigenvalue weighted by Gasteiger charge is 2.23. The molecule has 0 saturated carbocycles.